The lowest BCUT2D eigenvalue weighted by molar-refractivity contribution is -0.129. The molecule has 126 valence electrons. The van der Waals surface area contributed by atoms with Gasteiger partial charge in [0.2, 0.25) is 0 Å². The number of methoxy groups -OCH3 is 1. The molecule has 4 aromatic carbocycles. The van der Waals surface area contributed by atoms with Crippen LogP contribution in [-0.2, 0) is 4.74 Å². The summed E-state index contributed by atoms with van der Waals surface area (Å²) in [5.74, 6) is 0. The first kappa shape index (κ1) is 15.0. The summed E-state index contributed by atoms with van der Waals surface area (Å²) < 4.78 is 5.52. The molecule has 3 N–H and O–H groups in total. The highest BCUT2D eigenvalue weighted by molar-refractivity contribution is 6.23. The van der Waals surface area contributed by atoms with Crippen molar-refractivity contribution in [2.45, 2.75) is 24.4 Å². The molecule has 25 heavy (non-hydrogen) atoms. The number of hydrogen-bond donors (Lipinski definition) is 3. The van der Waals surface area contributed by atoms with E-state index in [1.54, 1.807) is 0 Å². The number of ether oxygens (including phenoxy) is 1. The van der Waals surface area contributed by atoms with Gasteiger partial charge in [0, 0.05) is 7.11 Å². The molecule has 1 aliphatic carbocycles. The molecule has 0 amide bonds. The smallest absolute Gasteiger partial charge is 0.113 e. The zero-order valence-electron chi connectivity index (χ0n) is 13.7. The normalized spacial score (nSPS) is 26.6. The second-order valence-electron chi connectivity index (χ2n) is 6.82. The average Bonchev–Trinajstić information content (AvgIpc) is 2.65. The lowest BCUT2D eigenvalue weighted by atomic mass is 9.78. The minimum Gasteiger partial charge on any atom is -0.387 e. The summed E-state index contributed by atoms with van der Waals surface area (Å²) in [7, 11) is 1.51. The van der Waals surface area contributed by atoms with E-state index < -0.39 is 24.4 Å². The van der Waals surface area contributed by atoms with E-state index in [2.05, 4.69) is 24.3 Å². The van der Waals surface area contributed by atoms with E-state index in [-0.39, 0.29) is 0 Å². The van der Waals surface area contributed by atoms with E-state index in [4.69, 9.17) is 4.74 Å². The molecule has 0 bridgehead atoms. The van der Waals surface area contributed by atoms with Gasteiger partial charge in [-0.1, -0.05) is 42.5 Å². The first-order valence-corrected chi connectivity index (χ1v) is 8.39. The van der Waals surface area contributed by atoms with Gasteiger partial charge in [-0.25, -0.2) is 0 Å². The lowest BCUT2D eigenvalue weighted by Crippen LogP contribution is -2.42. The van der Waals surface area contributed by atoms with Gasteiger partial charge in [0.05, 0.1) is 0 Å². The molecular weight excluding hydrogens is 316 g/mol. The highest BCUT2D eigenvalue weighted by atomic mass is 16.5. The molecule has 0 saturated heterocycles. The molecule has 4 atom stereocenters. The van der Waals surface area contributed by atoms with Crippen LogP contribution in [0.25, 0.3) is 32.3 Å². The van der Waals surface area contributed by atoms with E-state index >= 15 is 0 Å². The summed E-state index contributed by atoms with van der Waals surface area (Å²) in [5.41, 5.74) is 1.38. The van der Waals surface area contributed by atoms with Gasteiger partial charge in [-0.15, -0.1) is 0 Å². The van der Waals surface area contributed by atoms with Crippen molar-refractivity contribution in [2.24, 2.45) is 0 Å². The van der Waals surface area contributed by atoms with Crippen LogP contribution >= 0.6 is 0 Å². The second-order valence-corrected chi connectivity index (χ2v) is 6.82. The third-order valence-electron chi connectivity index (χ3n) is 5.56. The van der Waals surface area contributed by atoms with Crippen LogP contribution in [-0.4, -0.2) is 34.6 Å². The Morgan fingerprint density at radius 1 is 0.800 bits per heavy atom. The number of fused-ring (bicyclic) bond motifs is 2. The quantitative estimate of drug-likeness (QED) is 0.468. The van der Waals surface area contributed by atoms with E-state index in [1.807, 2.05) is 24.3 Å². The average molecular weight is 334 g/mol. The first-order chi connectivity index (χ1) is 12.1. The zero-order valence-corrected chi connectivity index (χ0v) is 13.7. The van der Waals surface area contributed by atoms with Crippen LogP contribution in [0.4, 0.5) is 0 Å². The standard InChI is InChI=1S/C21H18O4/c1-25-21-17-13-8-7-11-4-2-3-10-5-6-12(16(13)15(10)11)9-14(17)18(22)19(23)20(21)24/h2-9,18-24H,1H3/t18-,19+,20+,21+/m1/s1. The van der Waals surface area contributed by atoms with E-state index in [1.165, 1.54) is 12.5 Å². The fraction of sp³-hybridized carbons (Fsp3) is 0.238. The van der Waals surface area contributed by atoms with Crippen molar-refractivity contribution in [1.82, 2.24) is 0 Å². The minimum absolute atomic E-state index is 0.621. The maximum Gasteiger partial charge on any atom is 0.113 e. The van der Waals surface area contributed by atoms with Crippen molar-refractivity contribution in [3.63, 3.8) is 0 Å². The van der Waals surface area contributed by atoms with Gasteiger partial charge in [-0.3, -0.25) is 0 Å². The Morgan fingerprint density at radius 2 is 1.48 bits per heavy atom. The monoisotopic (exact) mass is 334 g/mol. The molecule has 0 spiro atoms. The highest BCUT2D eigenvalue weighted by Crippen LogP contribution is 2.46. The molecule has 0 unspecified atom stereocenters. The number of rotatable bonds is 1. The van der Waals surface area contributed by atoms with Crippen molar-refractivity contribution in [1.29, 1.82) is 0 Å². The van der Waals surface area contributed by atoms with Crippen LogP contribution in [0.2, 0.25) is 0 Å². The molecule has 4 aromatic rings. The molecule has 4 heteroatoms. The lowest BCUT2D eigenvalue weighted by Gasteiger charge is -2.37. The van der Waals surface area contributed by atoms with Crippen LogP contribution in [0.1, 0.15) is 23.3 Å². The molecule has 0 fully saturated rings. The highest BCUT2D eigenvalue weighted by Gasteiger charge is 2.42. The second kappa shape index (κ2) is 5.13. The molecule has 5 rings (SSSR count). The van der Waals surface area contributed by atoms with Crippen molar-refractivity contribution in [3.8, 4) is 0 Å². The van der Waals surface area contributed by atoms with Crippen LogP contribution in [0.15, 0.2) is 48.5 Å². The Kier molecular flexibility index (Phi) is 3.09. The van der Waals surface area contributed by atoms with Crippen LogP contribution in [0.3, 0.4) is 0 Å². The van der Waals surface area contributed by atoms with Crippen molar-refractivity contribution < 1.29 is 20.1 Å². The molecular formula is C21H18O4. The SMILES string of the molecule is CO[C@H]1c2c(cc3ccc4cccc5ccc2c3c45)[C@@H](O)[C@H](O)[C@@H]1O. The van der Waals surface area contributed by atoms with Gasteiger partial charge in [-0.2, -0.15) is 0 Å². The molecule has 4 nitrogen and oxygen atoms in total. The van der Waals surface area contributed by atoms with Crippen molar-refractivity contribution >= 4 is 32.3 Å². The Morgan fingerprint density at radius 3 is 2.20 bits per heavy atom. The summed E-state index contributed by atoms with van der Waals surface area (Å²) >= 11 is 0. The molecule has 0 aliphatic heterocycles. The van der Waals surface area contributed by atoms with Crippen molar-refractivity contribution in [3.05, 3.63) is 59.7 Å². The van der Waals surface area contributed by atoms with Gasteiger partial charge in [0.1, 0.15) is 24.4 Å². The first-order valence-electron chi connectivity index (χ1n) is 8.39. The van der Waals surface area contributed by atoms with Gasteiger partial charge in [0.15, 0.2) is 0 Å². The molecule has 0 heterocycles. The Balaban J connectivity index is 1.99. The number of hydrogen-bond acceptors (Lipinski definition) is 4. The maximum absolute atomic E-state index is 10.5. The Hall–Kier alpha value is -2.24. The van der Waals surface area contributed by atoms with E-state index in [9.17, 15) is 15.3 Å². The summed E-state index contributed by atoms with van der Waals surface area (Å²) in [6, 6.07) is 16.3. The Labute approximate surface area is 144 Å². The van der Waals surface area contributed by atoms with Gasteiger partial charge < -0.3 is 20.1 Å². The fourth-order valence-electron chi connectivity index (χ4n) is 4.39. The summed E-state index contributed by atoms with van der Waals surface area (Å²) in [6.07, 6.45) is -4.27. The van der Waals surface area contributed by atoms with E-state index in [0.29, 0.717) is 5.56 Å². The summed E-state index contributed by atoms with van der Waals surface area (Å²) in [5, 5.41) is 37.7. The molecule has 0 radical (unpaired) electrons. The fourth-order valence-corrected chi connectivity index (χ4v) is 4.39. The zero-order chi connectivity index (χ0) is 17.3. The molecule has 0 saturated carbocycles. The third kappa shape index (κ3) is 1.85. The molecule has 1 aliphatic rings. The largest absolute Gasteiger partial charge is 0.387 e. The predicted octanol–water partition coefficient (Wildman–Crippen LogP) is 3.04. The summed E-state index contributed by atoms with van der Waals surface area (Å²) in [4.78, 5) is 0. The van der Waals surface area contributed by atoms with Gasteiger partial charge >= 0.3 is 0 Å². The predicted molar refractivity (Wildman–Crippen MR) is 96.9 cm³/mol. The number of aliphatic hydroxyl groups excluding tert-OH is 3. The van der Waals surface area contributed by atoms with Crippen LogP contribution in [0.5, 0.6) is 0 Å². The van der Waals surface area contributed by atoms with E-state index in [0.717, 1.165) is 32.5 Å². The minimum atomic E-state index is -1.27. The third-order valence-corrected chi connectivity index (χ3v) is 5.56. The topological polar surface area (TPSA) is 69.9 Å². The Bertz CT molecular complexity index is 1090. The van der Waals surface area contributed by atoms with Gasteiger partial charge in [-0.05, 0) is 49.5 Å². The summed E-state index contributed by atoms with van der Waals surface area (Å²) in [6.45, 7) is 0. The van der Waals surface area contributed by atoms with Crippen molar-refractivity contribution in [2.75, 3.05) is 7.11 Å². The maximum atomic E-state index is 10.5. The molecule has 0 aromatic heterocycles. The van der Waals surface area contributed by atoms with Crippen LogP contribution in [0, 0.1) is 0 Å². The van der Waals surface area contributed by atoms with Crippen LogP contribution < -0.4 is 0 Å². The number of benzene rings is 4. The van der Waals surface area contributed by atoms with Gasteiger partial charge in [0.25, 0.3) is 0 Å². The number of aliphatic hydroxyl groups is 3.